The van der Waals surface area contributed by atoms with E-state index in [2.05, 4.69) is 5.32 Å². The molecule has 6 heteroatoms. The van der Waals surface area contributed by atoms with Crippen molar-refractivity contribution in [1.82, 2.24) is 4.90 Å². The van der Waals surface area contributed by atoms with Gasteiger partial charge >= 0.3 is 0 Å². The van der Waals surface area contributed by atoms with E-state index in [0.29, 0.717) is 10.8 Å². The molecule has 100 valence electrons. The Kier molecular flexibility index (Phi) is 4.55. The Balaban J connectivity index is 2.10. The number of carbonyl (C=O) groups is 2. The molecule has 0 radical (unpaired) electrons. The molecule has 1 aliphatic rings. The molecule has 2 amide bonds. The molecule has 1 aliphatic heterocycles. The van der Waals surface area contributed by atoms with E-state index in [1.807, 2.05) is 30.5 Å². The lowest BCUT2D eigenvalue weighted by Crippen LogP contribution is -2.20. The number of para-hydroxylation sites is 1. The van der Waals surface area contributed by atoms with Crippen LogP contribution in [-0.2, 0) is 9.59 Å². The van der Waals surface area contributed by atoms with Crippen molar-refractivity contribution in [3.63, 3.8) is 0 Å². The third-order valence-electron chi connectivity index (χ3n) is 2.67. The second-order valence-electron chi connectivity index (χ2n) is 3.91. The first-order valence-corrected chi connectivity index (χ1v) is 7.88. The molecule has 1 aromatic rings. The topological polar surface area (TPSA) is 49.4 Å². The van der Waals surface area contributed by atoms with Gasteiger partial charge in [0.05, 0.1) is 16.5 Å². The highest BCUT2D eigenvalue weighted by molar-refractivity contribution is 8.04. The molecule has 0 saturated carbocycles. The highest BCUT2D eigenvalue weighted by atomic mass is 32.2. The van der Waals surface area contributed by atoms with Gasteiger partial charge in [-0.15, -0.1) is 11.8 Å². The number of anilines is 1. The lowest BCUT2D eigenvalue weighted by Gasteiger charge is -2.10. The molecular weight excluding hydrogens is 280 g/mol. The van der Waals surface area contributed by atoms with Crippen molar-refractivity contribution in [3.8, 4) is 0 Å². The summed E-state index contributed by atoms with van der Waals surface area (Å²) >= 11 is 2.95. The van der Waals surface area contributed by atoms with Gasteiger partial charge in [-0.1, -0.05) is 23.9 Å². The van der Waals surface area contributed by atoms with Crippen LogP contribution in [-0.4, -0.2) is 35.8 Å². The molecule has 0 spiro atoms. The van der Waals surface area contributed by atoms with E-state index >= 15 is 0 Å². The minimum atomic E-state index is -0.217. The van der Waals surface area contributed by atoms with Gasteiger partial charge in [-0.05, 0) is 18.4 Å². The summed E-state index contributed by atoms with van der Waals surface area (Å²) in [7, 11) is 1.68. The average Bonchev–Trinajstić information content (AvgIpc) is 2.71. The second kappa shape index (κ2) is 6.16. The summed E-state index contributed by atoms with van der Waals surface area (Å²) in [5, 5.41) is 3.52. The van der Waals surface area contributed by atoms with Gasteiger partial charge in [0, 0.05) is 18.0 Å². The molecule has 1 saturated heterocycles. The van der Waals surface area contributed by atoms with Gasteiger partial charge in [-0.3, -0.25) is 9.59 Å². The van der Waals surface area contributed by atoms with E-state index in [0.717, 1.165) is 10.6 Å². The fourth-order valence-electron chi connectivity index (χ4n) is 1.62. The highest BCUT2D eigenvalue weighted by Gasteiger charge is 2.23. The summed E-state index contributed by atoms with van der Waals surface area (Å²) in [4.78, 5) is 25.8. The Morgan fingerprint density at radius 1 is 1.47 bits per heavy atom. The number of benzene rings is 1. The van der Waals surface area contributed by atoms with E-state index < -0.39 is 0 Å². The van der Waals surface area contributed by atoms with Crippen molar-refractivity contribution < 1.29 is 9.59 Å². The Labute approximate surface area is 120 Å². The SMILES string of the molecule is CSc1ccccc1NC(=O)C=C1SCC(=O)N1C. The van der Waals surface area contributed by atoms with Crippen LogP contribution in [0.3, 0.4) is 0 Å². The fourth-order valence-corrected chi connectivity index (χ4v) is 3.12. The van der Waals surface area contributed by atoms with E-state index in [1.54, 1.807) is 18.8 Å². The number of nitrogens with zero attached hydrogens (tertiary/aromatic N) is 1. The Bertz CT molecular complexity index is 543. The molecule has 0 bridgehead atoms. The van der Waals surface area contributed by atoms with Crippen LogP contribution in [0, 0.1) is 0 Å². The molecule has 19 heavy (non-hydrogen) atoms. The Morgan fingerprint density at radius 2 is 2.21 bits per heavy atom. The van der Waals surface area contributed by atoms with Crippen LogP contribution < -0.4 is 5.32 Å². The molecule has 0 aromatic heterocycles. The van der Waals surface area contributed by atoms with E-state index in [4.69, 9.17) is 0 Å². The van der Waals surface area contributed by atoms with Crippen LogP contribution in [0.25, 0.3) is 0 Å². The smallest absolute Gasteiger partial charge is 0.251 e. The maximum atomic E-state index is 11.9. The number of nitrogens with one attached hydrogen (secondary N) is 1. The normalized spacial score (nSPS) is 17.1. The lowest BCUT2D eigenvalue weighted by molar-refractivity contribution is -0.124. The molecule has 1 heterocycles. The number of thioether (sulfide) groups is 2. The summed E-state index contributed by atoms with van der Waals surface area (Å²) in [6.45, 7) is 0. The summed E-state index contributed by atoms with van der Waals surface area (Å²) in [6.07, 6.45) is 3.43. The second-order valence-corrected chi connectivity index (χ2v) is 5.76. The van der Waals surface area contributed by atoms with Gasteiger partial charge in [-0.25, -0.2) is 0 Å². The molecule has 0 unspecified atom stereocenters. The van der Waals surface area contributed by atoms with Crippen molar-refractivity contribution in [2.75, 3.05) is 24.4 Å². The third kappa shape index (κ3) is 3.33. The van der Waals surface area contributed by atoms with Crippen LogP contribution in [0.5, 0.6) is 0 Å². The molecule has 2 rings (SSSR count). The predicted octanol–water partition coefficient (Wildman–Crippen LogP) is 2.39. The van der Waals surface area contributed by atoms with Gasteiger partial charge in [0.1, 0.15) is 0 Å². The molecule has 0 atom stereocenters. The van der Waals surface area contributed by atoms with Crippen molar-refractivity contribution in [1.29, 1.82) is 0 Å². The Hall–Kier alpha value is -1.40. The first-order chi connectivity index (χ1) is 9.11. The average molecular weight is 294 g/mol. The van der Waals surface area contributed by atoms with Gasteiger partial charge in [0.2, 0.25) is 5.91 Å². The van der Waals surface area contributed by atoms with Gasteiger partial charge in [0.25, 0.3) is 5.91 Å². The quantitative estimate of drug-likeness (QED) is 0.687. The number of hydrogen-bond donors (Lipinski definition) is 1. The Morgan fingerprint density at radius 3 is 2.84 bits per heavy atom. The molecule has 1 aromatic carbocycles. The third-order valence-corrected chi connectivity index (χ3v) is 4.54. The zero-order valence-corrected chi connectivity index (χ0v) is 12.3. The van der Waals surface area contributed by atoms with Gasteiger partial charge in [-0.2, -0.15) is 0 Å². The largest absolute Gasteiger partial charge is 0.321 e. The fraction of sp³-hybridized carbons (Fsp3) is 0.231. The van der Waals surface area contributed by atoms with Crippen LogP contribution >= 0.6 is 23.5 Å². The maximum Gasteiger partial charge on any atom is 0.251 e. The van der Waals surface area contributed by atoms with Crippen molar-refractivity contribution in [2.24, 2.45) is 0 Å². The zero-order valence-electron chi connectivity index (χ0n) is 10.7. The number of carbonyl (C=O) groups excluding carboxylic acids is 2. The van der Waals surface area contributed by atoms with E-state index in [-0.39, 0.29) is 11.8 Å². The van der Waals surface area contributed by atoms with Crippen LogP contribution in [0.15, 0.2) is 40.3 Å². The van der Waals surface area contributed by atoms with E-state index in [9.17, 15) is 9.59 Å². The van der Waals surface area contributed by atoms with Crippen LogP contribution in [0.4, 0.5) is 5.69 Å². The highest BCUT2D eigenvalue weighted by Crippen LogP contribution is 2.28. The monoisotopic (exact) mass is 294 g/mol. The summed E-state index contributed by atoms with van der Waals surface area (Å²) < 4.78 is 0. The molecule has 4 nitrogen and oxygen atoms in total. The van der Waals surface area contributed by atoms with E-state index in [1.165, 1.54) is 22.7 Å². The number of rotatable bonds is 3. The molecule has 0 aliphatic carbocycles. The first-order valence-electron chi connectivity index (χ1n) is 5.67. The van der Waals surface area contributed by atoms with Crippen molar-refractivity contribution in [2.45, 2.75) is 4.90 Å². The van der Waals surface area contributed by atoms with Crippen LogP contribution in [0.1, 0.15) is 0 Å². The van der Waals surface area contributed by atoms with Crippen molar-refractivity contribution >= 4 is 41.0 Å². The molecule has 1 fully saturated rings. The summed E-state index contributed by atoms with van der Waals surface area (Å²) in [6, 6.07) is 7.62. The minimum absolute atomic E-state index is 0.0218. The summed E-state index contributed by atoms with van der Waals surface area (Å²) in [5.74, 6) is 0.205. The van der Waals surface area contributed by atoms with Crippen molar-refractivity contribution in [3.05, 3.63) is 35.4 Å². The molecule has 1 N–H and O–H groups in total. The lowest BCUT2D eigenvalue weighted by atomic mass is 10.3. The van der Waals surface area contributed by atoms with Gasteiger partial charge in [0.15, 0.2) is 0 Å². The first kappa shape index (κ1) is 14.0. The maximum absolute atomic E-state index is 11.9. The minimum Gasteiger partial charge on any atom is -0.321 e. The number of hydrogen-bond acceptors (Lipinski definition) is 4. The molecular formula is C13H14N2O2S2. The summed E-state index contributed by atoms with van der Waals surface area (Å²) in [5.41, 5.74) is 0.786. The standard InChI is InChI=1S/C13H14N2O2S2/c1-15-12(17)8-19-13(15)7-11(16)14-9-5-3-4-6-10(9)18-2/h3-7H,8H2,1-2H3,(H,14,16). The van der Waals surface area contributed by atoms with Crippen LogP contribution in [0.2, 0.25) is 0 Å². The van der Waals surface area contributed by atoms with Gasteiger partial charge < -0.3 is 10.2 Å². The predicted molar refractivity (Wildman–Crippen MR) is 80.2 cm³/mol. The number of amides is 2. The zero-order chi connectivity index (χ0) is 13.8.